The molecule has 1 atom stereocenters. The number of carbonyl (C=O) groups excluding carboxylic acids is 1. The zero-order chi connectivity index (χ0) is 22.7. The van der Waals surface area contributed by atoms with Gasteiger partial charge in [0.25, 0.3) is 0 Å². The zero-order valence-electron chi connectivity index (χ0n) is 18.4. The van der Waals surface area contributed by atoms with Crippen LogP contribution in [0, 0.1) is 0 Å². The summed E-state index contributed by atoms with van der Waals surface area (Å²) >= 11 is 0. The standard InChI is InChI=1S/C25H28N2O4S/c1-26(18-19-11-12-21-17-22(31-2)14-13-20(21)16-19)25(28)24-10-6-7-15-27(24)32(29,30)23-8-4-3-5-9-23/h3-5,8-9,11-14,16-17,24H,6-7,10,15,18H2,1-2H3. The third kappa shape index (κ3) is 4.49. The Morgan fingerprint density at radius 2 is 1.75 bits per heavy atom. The number of nitrogens with zero attached hydrogens (tertiary/aromatic N) is 2. The van der Waals surface area contributed by atoms with Gasteiger partial charge in [-0.1, -0.05) is 42.8 Å². The molecule has 0 radical (unpaired) electrons. The van der Waals surface area contributed by atoms with E-state index in [1.54, 1.807) is 49.4 Å². The molecule has 1 aliphatic rings. The molecule has 168 valence electrons. The van der Waals surface area contributed by atoms with Crippen molar-refractivity contribution in [1.29, 1.82) is 0 Å². The fourth-order valence-electron chi connectivity index (χ4n) is 4.27. The molecule has 32 heavy (non-hydrogen) atoms. The molecule has 0 aliphatic carbocycles. The molecule has 7 heteroatoms. The number of carbonyl (C=O) groups is 1. The maximum absolute atomic E-state index is 13.3. The number of rotatable bonds is 6. The second-order valence-electron chi connectivity index (χ2n) is 8.18. The van der Waals surface area contributed by atoms with Gasteiger partial charge in [-0.25, -0.2) is 8.42 Å². The molecule has 0 saturated carbocycles. The predicted octanol–water partition coefficient (Wildman–Crippen LogP) is 4.05. The van der Waals surface area contributed by atoms with Crippen LogP contribution in [0.2, 0.25) is 0 Å². The highest BCUT2D eigenvalue weighted by molar-refractivity contribution is 7.89. The SMILES string of the molecule is COc1ccc2cc(CN(C)C(=O)C3CCCCN3S(=O)(=O)c3ccccc3)ccc2c1. The number of likely N-dealkylation sites (N-methyl/N-ethyl adjacent to an activating group) is 1. The highest BCUT2D eigenvalue weighted by Gasteiger charge is 2.38. The summed E-state index contributed by atoms with van der Waals surface area (Å²) in [5.74, 6) is 0.633. The van der Waals surface area contributed by atoms with E-state index in [1.807, 2.05) is 30.3 Å². The van der Waals surface area contributed by atoms with Gasteiger partial charge in [0.1, 0.15) is 11.8 Å². The minimum atomic E-state index is -3.72. The lowest BCUT2D eigenvalue weighted by molar-refractivity contribution is -0.135. The van der Waals surface area contributed by atoms with Gasteiger partial charge in [-0.15, -0.1) is 0 Å². The number of amides is 1. The van der Waals surface area contributed by atoms with Crippen molar-refractivity contribution >= 4 is 26.7 Å². The van der Waals surface area contributed by atoms with Crippen LogP contribution in [0.5, 0.6) is 5.75 Å². The topological polar surface area (TPSA) is 66.9 Å². The largest absolute Gasteiger partial charge is 0.497 e. The monoisotopic (exact) mass is 452 g/mol. The molecule has 1 amide bonds. The Morgan fingerprint density at radius 1 is 1.03 bits per heavy atom. The van der Waals surface area contributed by atoms with E-state index in [1.165, 1.54) is 4.31 Å². The fraction of sp³-hybridized carbons (Fsp3) is 0.320. The first-order valence-electron chi connectivity index (χ1n) is 10.8. The fourth-order valence-corrected chi connectivity index (χ4v) is 5.94. The van der Waals surface area contributed by atoms with Crippen molar-refractivity contribution in [2.24, 2.45) is 0 Å². The molecule has 4 rings (SSSR count). The van der Waals surface area contributed by atoms with Crippen LogP contribution in [0.3, 0.4) is 0 Å². The van der Waals surface area contributed by atoms with Crippen LogP contribution in [0.4, 0.5) is 0 Å². The summed E-state index contributed by atoms with van der Waals surface area (Å²) in [6, 6.07) is 19.6. The summed E-state index contributed by atoms with van der Waals surface area (Å²) in [4.78, 5) is 15.2. The third-order valence-electron chi connectivity index (χ3n) is 6.00. The lowest BCUT2D eigenvalue weighted by Crippen LogP contribution is -2.51. The Bertz CT molecular complexity index is 1210. The van der Waals surface area contributed by atoms with E-state index < -0.39 is 16.1 Å². The van der Waals surface area contributed by atoms with Crippen molar-refractivity contribution in [3.05, 3.63) is 72.3 Å². The van der Waals surface area contributed by atoms with Crippen LogP contribution in [-0.2, 0) is 21.4 Å². The maximum atomic E-state index is 13.3. The predicted molar refractivity (Wildman–Crippen MR) is 125 cm³/mol. The van der Waals surface area contributed by atoms with Gasteiger partial charge in [0.15, 0.2) is 0 Å². The minimum Gasteiger partial charge on any atom is -0.497 e. The first-order valence-corrected chi connectivity index (χ1v) is 12.2. The third-order valence-corrected chi connectivity index (χ3v) is 7.92. The van der Waals surface area contributed by atoms with E-state index in [0.717, 1.165) is 34.9 Å². The van der Waals surface area contributed by atoms with Crippen molar-refractivity contribution in [3.63, 3.8) is 0 Å². The van der Waals surface area contributed by atoms with Crippen LogP contribution < -0.4 is 4.74 Å². The van der Waals surface area contributed by atoms with Crippen LogP contribution in [0.1, 0.15) is 24.8 Å². The summed E-state index contributed by atoms with van der Waals surface area (Å²) < 4.78 is 33.1. The number of hydrogen-bond acceptors (Lipinski definition) is 4. The first-order chi connectivity index (χ1) is 15.4. The first kappa shape index (κ1) is 22.3. The van der Waals surface area contributed by atoms with Gasteiger partial charge >= 0.3 is 0 Å². The van der Waals surface area contributed by atoms with Gasteiger partial charge in [0, 0.05) is 20.1 Å². The Balaban J connectivity index is 1.53. The minimum absolute atomic E-state index is 0.168. The van der Waals surface area contributed by atoms with E-state index >= 15 is 0 Å². The van der Waals surface area contributed by atoms with Crippen molar-refractivity contribution in [1.82, 2.24) is 9.21 Å². The number of hydrogen-bond donors (Lipinski definition) is 0. The van der Waals surface area contributed by atoms with Gasteiger partial charge in [0.2, 0.25) is 15.9 Å². The Hall–Kier alpha value is -2.90. The number of fused-ring (bicyclic) bond motifs is 1. The lowest BCUT2D eigenvalue weighted by Gasteiger charge is -2.35. The molecule has 3 aromatic carbocycles. The van der Waals surface area contributed by atoms with Gasteiger partial charge in [0.05, 0.1) is 12.0 Å². The van der Waals surface area contributed by atoms with E-state index in [9.17, 15) is 13.2 Å². The van der Waals surface area contributed by atoms with Crippen LogP contribution in [0.25, 0.3) is 10.8 Å². The molecule has 0 bridgehead atoms. The molecule has 1 aliphatic heterocycles. The highest BCUT2D eigenvalue weighted by Crippen LogP contribution is 2.27. The van der Waals surface area contributed by atoms with Crippen molar-refractivity contribution in [2.45, 2.75) is 36.7 Å². The van der Waals surface area contributed by atoms with Crippen molar-refractivity contribution in [3.8, 4) is 5.75 Å². The average Bonchev–Trinajstić information content (AvgIpc) is 2.83. The Labute approximate surface area is 189 Å². The van der Waals surface area contributed by atoms with E-state index in [-0.39, 0.29) is 10.8 Å². The van der Waals surface area contributed by atoms with Crippen molar-refractivity contribution in [2.75, 3.05) is 20.7 Å². The van der Waals surface area contributed by atoms with Crippen molar-refractivity contribution < 1.29 is 17.9 Å². The Kier molecular flexibility index (Phi) is 6.48. The molecule has 1 saturated heterocycles. The van der Waals surface area contributed by atoms with E-state index in [4.69, 9.17) is 4.74 Å². The molecular formula is C25H28N2O4S. The number of methoxy groups -OCH3 is 1. The number of piperidine rings is 1. The highest BCUT2D eigenvalue weighted by atomic mass is 32.2. The quantitative estimate of drug-likeness (QED) is 0.566. The molecule has 1 heterocycles. The van der Waals surface area contributed by atoms with Gasteiger partial charge in [-0.2, -0.15) is 4.31 Å². The molecular weight excluding hydrogens is 424 g/mol. The molecule has 0 aromatic heterocycles. The molecule has 6 nitrogen and oxygen atoms in total. The number of benzene rings is 3. The molecule has 1 fully saturated rings. The average molecular weight is 453 g/mol. The maximum Gasteiger partial charge on any atom is 0.243 e. The summed E-state index contributed by atoms with van der Waals surface area (Å²) in [7, 11) is -0.344. The normalized spacial score (nSPS) is 17.2. The van der Waals surface area contributed by atoms with Crippen LogP contribution >= 0.6 is 0 Å². The van der Waals surface area contributed by atoms with Crippen LogP contribution in [-0.4, -0.2) is 50.3 Å². The zero-order valence-corrected chi connectivity index (χ0v) is 19.2. The number of sulfonamides is 1. The molecule has 0 N–H and O–H groups in total. The van der Waals surface area contributed by atoms with E-state index in [2.05, 4.69) is 6.07 Å². The smallest absolute Gasteiger partial charge is 0.243 e. The molecule has 0 spiro atoms. The molecule has 3 aromatic rings. The van der Waals surface area contributed by atoms with Gasteiger partial charge in [-0.3, -0.25) is 4.79 Å². The second kappa shape index (κ2) is 9.30. The summed E-state index contributed by atoms with van der Waals surface area (Å²) in [6.07, 6.45) is 2.13. The second-order valence-corrected chi connectivity index (χ2v) is 10.1. The van der Waals surface area contributed by atoms with E-state index in [0.29, 0.717) is 19.5 Å². The lowest BCUT2D eigenvalue weighted by atomic mass is 10.0. The number of ether oxygens (including phenoxy) is 1. The molecule has 1 unspecified atom stereocenters. The Morgan fingerprint density at radius 3 is 2.50 bits per heavy atom. The van der Waals surface area contributed by atoms with Crippen LogP contribution in [0.15, 0.2) is 71.6 Å². The summed E-state index contributed by atoms with van der Waals surface area (Å²) in [5.41, 5.74) is 0.992. The van der Waals surface area contributed by atoms with Gasteiger partial charge in [-0.05, 0) is 59.5 Å². The summed E-state index contributed by atoms with van der Waals surface area (Å²) in [5, 5.41) is 2.13. The summed E-state index contributed by atoms with van der Waals surface area (Å²) in [6.45, 7) is 0.774. The van der Waals surface area contributed by atoms with Gasteiger partial charge < -0.3 is 9.64 Å².